The van der Waals surface area contributed by atoms with Gasteiger partial charge in [0.2, 0.25) is 0 Å². The second kappa shape index (κ2) is 6.98. The van der Waals surface area contributed by atoms with Crippen LogP contribution in [0.4, 0.5) is 4.39 Å². The Bertz CT molecular complexity index is 399. The standard InChI is InChI=1S/C15H22FNO2/c1-3-19-14-10-13(15(14)18-2)17-9-8-11-6-4-5-7-12(11)16/h4-7,13-15,17H,3,8-10H2,1-2H3. The predicted molar refractivity (Wildman–Crippen MR) is 72.7 cm³/mol. The lowest BCUT2D eigenvalue weighted by Crippen LogP contribution is -2.60. The second-order valence-electron chi connectivity index (χ2n) is 4.83. The molecule has 0 radical (unpaired) electrons. The highest BCUT2D eigenvalue weighted by atomic mass is 19.1. The van der Waals surface area contributed by atoms with E-state index in [1.165, 1.54) is 6.07 Å². The third-order valence-corrected chi connectivity index (χ3v) is 3.66. The SMILES string of the molecule is CCOC1CC(NCCc2ccccc2F)C1OC. The summed E-state index contributed by atoms with van der Waals surface area (Å²) in [6, 6.07) is 7.22. The van der Waals surface area contributed by atoms with Crippen LogP contribution in [-0.2, 0) is 15.9 Å². The number of benzene rings is 1. The average Bonchev–Trinajstić information content (AvgIpc) is 2.39. The summed E-state index contributed by atoms with van der Waals surface area (Å²) in [5.74, 6) is -0.131. The molecule has 106 valence electrons. The van der Waals surface area contributed by atoms with Gasteiger partial charge >= 0.3 is 0 Å². The van der Waals surface area contributed by atoms with Crippen LogP contribution < -0.4 is 5.32 Å². The molecule has 3 atom stereocenters. The number of nitrogens with one attached hydrogen (secondary N) is 1. The van der Waals surface area contributed by atoms with Gasteiger partial charge in [0.05, 0.1) is 12.2 Å². The first-order chi connectivity index (χ1) is 9.26. The van der Waals surface area contributed by atoms with E-state index in [2.05, 4.69) is 5.32 Å². The largest absolute Gasteiger partial charge is 0.377 e. The van der Waals surface area contributed by atoms with Crippen LogP contribution in [0.5, 0.6) is 0 Å². The molecule has 1 aliphatic rings. The van der Waals surface area contributed by atoms with Crippen LogP contribution in [0.1, 0.15) is 18.9 Å². The van der Waals surface area contributed by atoms with Crippen LogP contribution in [-0.4, -0.2) is 38.5 Å². The van der Waals surface area contributed by atoms with Gasteiger partial charge in [0.1, 0.15) is 5.82 Å². The van der Waals surface area contributed by atoms with Crippen molar-refractivity contribution in [2.75, 3.05) is 20.3 Å². The van der Waals surface area contributed by atoms with Gasteiger partial charge in [-0.15, -0.1) is 0 Å². The van der Waals surface area contributed by atoms with Crippen LogP contribution in [0.25, 0.3) is 0 Å². The zero-order valence-electron chi connectivity index (χ0n) is 11.6. The topological polar surface area (TPSA) is 30.5 Å². The molecule has 3 nitrogen and oxygen atoms in total. The molecule has 1 N–H and O–H groups in total. The Balaban J connectivity index is 1.73. The van der Waals surface area contributed by atoms with E-state index in [1.54, 1.807) is 13.2 Å². The first kappa shape index (κ1) is 14.4. The third kappa shape index (κ3) is 3.53. The van der Waals surface area contributed by atoms with Crippen molar-refractivity contribution in [1.29, 1.82) is 0 Å². The molecule has 0 bridgehead atoms. The molecule has 0 aliphatic heterocycles. The molecule has 3 unspecified atom stereocenters. The highest BCUT2D eigenvalue weighted by molar-refractivity contribution is 5.17. The number of ether oxygens (including phenoxy) is 2. The maximum atomic E-state index is 13.4. The number of methoxy groups -OCH3 is 1. The van der Waals surface area contributed by atoms with E-state index < -0.39 is 0 Å². The Morgan fingerprint density at radius 3 is 2.84 bits per heavy atom. The molecular weight excluding hydrogens is 245 g/mol. The summed E-state index contributed by atoms with van der Waals surface area (Å²) in [5.41, 5.74) is 0.754. The van der Waals surface area contributed by atoms with Gasteiger partial charge < -0.3 is 14.8 Å². The molecule has 0 aromatic heterocycles. The minimum atomic E-state index is -0.131. The van der Waals surface area contributed by atoms with Gasteiger partial charge in [-0.2, -0.15) is 0 Å². The number of hydrogen-bond donors (Lipinski definition) is 1. The first-order valence-corrected chi connectivity index (χ1v) is 6.87. The number of halogens is 1. The van der Waals surface area contributed by atoms with Crippen molar-refractivity contribution in [3.05, 3.63) is 35.6 Å². The lowest BCUT2D eigenvalue weighted by molar-refractivity contribution is -0.131. The van der Waals surface area contributed by atoms with Crippen LogP contribution in [0, 0.1) is 5.82 Å². The summed E-state index contributed by atoms with van der Waals surface area (Å²) in [4.78, 5) is 0. The molecule has 0 spiro atoms. The zero-order chi connectivity index (χ0) is 13.7. The van der Waals surface area contributed by atoms with E-state index in [9.17, 15) is 4.39 Å². The van der Waals surface area contributed by atoms with E-state index in [-0.39, 0.29) is 18.0 Å². The van der Waals surface area contributed by atoms with Gasteiger partial charge in [0.15, 0.2) is 0 Å². The fraction of sp³-hybridized carbons (Fsp3) is 0.600. The number of rotatable bonds is 7. The lowest BCUT2D eigenvalue weighted by atomic mass is 9.85. The number of hydrogen-bond acceptors (Lipinski definition) is 3. The normalized spacial score (nSPS) is 26.2. The average molecular weight is 267 g/mol. The minimum Gasteiger partial charge on any atom is -0.377 e. The van der Waals surface area contributed by atoms with Gasteiger partial charge in [-0.05, 0) is 37.9 Å². The molecule has 1 aliphatic carbocycles. The van der Waals surface area contributed by atoms with Crippen LogP contribution >= 0.6 is 0 Å². The van der Waals surface area contributed by atoms with E-state index >= 15 is 0 Å². The monoisotopic (exact) mass is 267 g/mol. The Hall–Kier alpha value is -0.970. The van der Waals surface area contributed by atoms with Crippen molar-refractivity contribution in [1.82, 2.24) is 5.32 Å². The Kier molecular flexibility index (Phi) is 5.31. The molecule has 19 heavy (non-hydrogen) atoms. The van der Waals surface area contributed by atoms with E-state index in [4.69, 9.17) is 9.47 Å². The Morgan fingerprint density at radius 1 is 1.37 bits per heavy atom. The van der Waals surface area contributed by atoms with E-state index in [0.29, 0.717) is 19.1 Å². The zero-order valence-corrected chi connectivity index (χ0v) is 11.6. The smallest absolute Gasteiger partial charge is 0.126 e. The first-order valence-electron chi connectivity index (χ1n) is 6.87. The van der Waals surface area contributed by atoms with Crippen molar-refractivity contribution >= 4 is 0 Å². The van der Waals surface area contributed by atoms with Gasteiger partial charge in [0.25, 0.3) is 0 Å². The molecule has 0 amide bonds. The fourth-order valence-corrected chi connectivity index (χ4v) is 2.57. The predicted octanol–water partition coefficient (Wildman–Crippen LogP) is 2.15. The molecule has 1 aromatic rings. The summed E-state index contributed by atoms with van der Waals surface area (Å²) >= 11 is 0. The fourth-order valence-electron chi connectivity index (χ4n) is 2.57. The van der Waals surface area contributed by atoms with Crippen molar-refractivity contribution in [2.45, 2.75) is 38.0 Å². The summed E-state index contributed by atoms with van der Waals surface area (Å²) in [6.45, 7) is 3.46. The van der Waals surface area contributed by atoms with Gasteiger partial charge in [-0.25, -0.2) is 4.39 Å². The molecule has 4 heteroatoms. The molecule has 2 rings (SSSR count). The Labute approximate surface area is 114 Å². The van der Waals surface area contributed by atoms with Gasteiger partial charge in [-0.1, -0.05) is 18.2 Å². The lowest BCUT2D eigenvalue weighted by Gasteiger charge is -2.43. The van der Waals surface area contributed by atoms with Crippen molar-refractivity contribution < 1.29 is 13.9 Å². The van der Waals surface area contributed by atoms with Crippen molar-refractivity contribution in [3.8, 4) is 0 Å². The maximum Gasteiger partial charge on any atom is 0.126 e. The molecule has 1 saturated carbocycles. The summed E-state index contributed by atoms with van der Waals surface area (Å²) in [6.07, 6.45) is 1.96. The van der Waals surface area contributed by atoms with Crippen LogP contribution in [0.15, 0.2) is 24.3 Å². The van der Waals surface area contributed by atoms with Gasteiger partial charge in [0, 0.05) is 19.8 Å². The summed E-state index contributed by atoms with van der Waals surface area (Å²) < 4.78 is 24.4. The second-order valence-corrected chi connectivity index (χ2v) is 4.83. The Morgan fingerprint density at radius 2 is 2.16 bits per heavy atom. The summed E-state index contributed by atoms with van der Waals surface area (Å²) in [7, 11) is 1.71. The highest BCUT2D eigenvalue weighted by Crippen LogP contribution is 2.26. The van der Waals surface area contributed by atoms with E-state index in [0.717, 1.165) is 18.5 Å². The molecule has 1 fully saturated rings. The van der Waals surface area contributed by atoms with Crippen LogP contribution in [0.2, 0.25) is 0 Å². The molecule has 0 saturated heterocycles. The molecular formula is C15H22FNO2. The van der Waals surface area contributed by atoms with Crippen molar-refractivity contribution in [2.24, 2.45) is 0 Å². The quantitative estimate of drug-likeness (QED) is 0.821. The maximum absolute atomic E-state index is 13.4. The molecule has 1 aromatic carbocycles. The summed E-state index contributed by atoms with van der Waals surface area (Å²) in [5, 5.41) is 3.41. The van der Waals surface area contributed by atoms with Gasteiger partial charge in [-0.3, -0.25) is 0 Å². The minimum absolute atomic E-state index is 0.112. The highest BCUT2D eigenvalue weighted by Gasteiger charge is 2.41. The van der Waals surface area contributed by atoms with Crippen LogP contribution in [0.3, 0.4) is 0 Å². The third-order valence-electron chi connectivity index (χ3n) is 3.66. The van der Waals surface area contributed by atoms with Crippen molar-refractivity contribution in [3.63, 3.8) is 0 Å². The van der Waals surface area contributed by atoms with E-state index in [1.807, 2.05) is 19.1 Å². The molecule has 0 heterocycles.